The quantitative estimate of drug-likeness (QED) is 0.502. The Bertz CT molecular complexity index is 1040. The van der Waals surface area contributed by atoms with Crippen molar-refractivity contribution >= 4 is 17.4 Å². The Balaban J connectivity index is 1.78. The number of phenols is 1. The highest BCUT2D eigenvalue weighted by molar-refractivity contribution is 6.00. The lowest BCUT2D eigenvalue weighted by atomic mass is 9.78. The second kappa shape index (κ2) is 5.81. The normalized spacial score (nSPS) is 20.5. The lowest BCUT2D eigenvalue weighted by Gasteiger charge is -2.31. The minimum absolute atomic E-state index is 0.106. The van der Waals surface area contributed by atoms with Crippen molar-refractivity contribution in [1.82, 2.24) is 4.68 Å². The van der Waals surface area contributed by atoms with Crippen molar-refractivity contribution in [2.45, 2.75) is 18.3 Å². The van der Waals surface area contributed by atoms with Crippen molar-refractivity contribution in [3.8, 4) is 5.75 Å². The van der Waals surface area contributed by atoms with Gasteiger partial charge in [-0.15, -0.1) is 0 Å². The van der Waals surface area contributed by atoms with Crippen LogP contribution >= 0.6 is 0 Å². The summed E-state index contributed by atoms with van der Waals surface area (Å²) in [5.74, 6) is 6.84. The number of nitrogens with one attached hydrogen (secondary N) is 2. The van der Waals surface area contributed by atoms with E-state index in [1.807, 2.05) is 24.4 Å². The van der Waals surface area contributed by atoms with Crippen molar-refractivity contribution in [2.75, 3.05) is 23.0 Å². The second-order valence-corrected chi connectivity index (χ2v) is 7.12. The van der Waals surface area contributed by atoms with Gasteiger partial charge in [-0.3, -0.25) is 9.47 Å². The smallest absolute Gasteiger partial charge is 0.236 e. The molecular weight excluding hydrogens is 340 g/mol. The fourth-order valence-electron chi connectivity index (χ4n) is 4.39. The van der Waals surface area contributed by atoms with Gasteiger partial charge in [0.25, 0.3) is 0 Å². The van der Waals surface area contributed by atoms with Gasteiger partial charge in [0.2, 0.25) is 5.91 Å². The number of aromatic hydroxyl groups is 1. The largest absolute Gasteiger partial charge is 0.508 e. The molecule has 0 saturated carbocycles. The van der Waals surface area contributed by atoms with E-state index in [-0.39, 0.29) is 17.6 Å². The Morgan fingerprint density at radius 1 is 1.07 bits per heavy atom. The number of carbonyl (C=O) groups excluding carboxylic acids is 1. The number of hydrogen-bond acceptors (Lipinski definition) is 4. The maximum atomic E-state index is 13.3. The van der Waals surface area contributed by atoms with E-state index in [1.165, 1.54) is 0 Å². The number of phenolic OH excluding ortho intramolecular Hbond substituents is 1. The molecule has 0 bridgehead atoms. The standard InChI is InChI=1S/C21H20N4O2/c22-25-11-16-18(12-5-7-13(26)8-6-12)21(27)24-17-4-2-1-3-14(17)15-9-10-23-20(25)19(15)16/h1-8,11,15,18,23,26H,9-10,22H2,(H,24,27)/t15?,18-/m0/s1. The van der Waals surface area contributed by atoms with Crippen LogP contribution in [0.1, 0.15) is 40.5 Å². The highest BCUT2D eigenvalue weighted by Crippen LogP contribution is 2.47. The maximum Gasteiger partial charge on any atom is 0.236 e. The predicted octanol–water partition coefficient (Wildman–Crippen LogP) is 2.94. The molecule has 6 nitrogen and oxygen atoms in total. The van der Waals surface area contributed by atoms with E-state index in [0.29, 0.717) is 0 Å². The number of hydrogen-bond donors (Lipinski definition) is 4. The Hall–Kier alpha value is -3.41. The molecule has 5 N–H and O–H groups in total. The molecule has 0 aliphatic carbocycles. The van der Waals surface area contributed by atoms with Crippen LogP contribution in [0.15, 0.2) is 54.7 Å². The second-order valence-electron chi connectivity index (χ2n) is 7.12. The zero-order chi connectivity index (χ0) is 18.5. The number of aromatic nitrogens is 1. The third-order valence-corrected chi connectivity index (χ3v) is 5.57. The van der Waals surface area contributed by atoms with Crippen molar-refractivity contribution in [2.24, 2.45) is 0 Å². The van der Waals surface area contributed by atoms with Gasteiger partial charge in [-0.1, -0.05) is 30.3 Å². The van der Waals surface area contributed by atoms with Crippen LogP contribution in [0.4, 0.5) is 11.5 Å². The molecule has 3 heterocycles. The molecule has 3 aromatic rings. The third kappa shape index (κ3) is 2.37. The summed E-state index contributed by atoms with van der Waals surface area (Å²) in [6.07, 6.45) is 2.78. The van der Waals surface area contributed by atoms with Crippen LogP contribution in [-0.2, 0) is 4.79 Å². The SMILES string of the molecule is Nn1cc2c3c1NCCC3c1ccccc1NC(=O)[C@H]2c1ccc(O)cc1. The molecule has 5 rings (SSSR count). The van der Waals surface area contributed by atoms with E-state index in [2.05, 4.69) is 16.7 Å². The molecule has 2 aliphatic heterocycles. The number of para-hydroxylation sites is 1. The van der Waals surface area contributed by atoms with E-state index in [9.17, 15) is 9.90 Å². The minimum atomic E-state index is -0.500. The number of nitrogens with two attached hydrogens (primary N) is 1. The number of nitrogen functional groups attached to an aromatic ring is 1. The van der Waals surface area contributed by atoms with Crippen LogP contribution in [0.5, 0.6) is 5.75 Å². The van der Waals surface area contributed by atoms with E-state index in [0.717, 1.165) is 46.7 Å². The first-order valence-electron chi connectivity index (χ1n) is 9.06. The molecule has 1 aromatic heterocycles. The van der Waals surface area contributed by atoms with Gasteiger partial charge in [0.1, 0.15) is 11.6 Å². The van der Waals surface area contributed by atoms with Gasteiger partial charge >= 0.3 is 0 Å². The number of fused-ring (bicyclic) bond motifs is 2. The number of nitrogens with zero attached hydrogens (tertiary/aromatic N) is 1. The lowest BCUT2D eigenvalue weighted by Crippen LogP contribution is -2.28. The molecular formula is C21H20N4O2. The monoisotopic (exact) mass is 360 g/mol. The molecule has 0 radical (unpaired) electrons. The molecule has 1 unspecified atom stereocenters. The fraction of sp³-hybridized carbons (Fsp3) is 0.190. The lowest BCUT2D eigenvalue weighted by molar-refractivity contribution is -0.116. The van der Waals surface area contributed by atoms with Gasteiger partial charge in [0.05, 0.1) is 5.92 Å². The first-order chi connectivity index (χ1) is 13.1. The number of amides is 1. The van der Waals surface area contributed by atoms with E-state index in [4.69, 9.17) is 5.84 Å². The van der Waals surface area contributed by atoms with Gasteiger partial charge in [0, 0.05) is 29.9 Å². The fourth-order valence-corrected chi connectivity index (χ4v) is 4.39. The molecule has 2 aliphatic rings. The topological polar surface area (TPSA) is 92.3 Å². The molecule has 1 amide bonds. The van der Waals surface area contributed by atoms with Gasteiger partial charge in [-0.2, -0.15) is 0 Å². The van der Waals surface area contributed by atoms with Crippen LogP contribution in [0.3, 0.4) is 0 Å². The number of benzene rings is 2. The van der Waals surface area contributed by atoms with E-state index in [1.54, 1.807) is 28.9 Å². The Morgan fingerprint density at radius 3 is 2.67 bits per heavy atom. The number of rotatable bonds is 1. The average Bonchev–Trinajstić information content (AvgIpc) is 3.00. The predicted molar refractivity (Wildman–Crippen MR) is 105 cm³/mol. The van der Waals surface area contributed by atoms with Gasteiger partial charge in [-0.25, -0.2) is 0 Å². The highest BCUT2D eigenvalue weighted by atomic mass is 16.3. The van der Waals surface area contributed by atoms with E-state index >= 15 is 0 Å². The molecule has 0 fully saturated rings. The zero-order valence-electron chi connectivity index (χ0n) is 14.6. The summed E-state index contributed by atoms with van der Waals surface area (Å²) in [5.41, 5.74) is 4.78. The molecule has 136 valence electrons. The van der Waals surface area contributed by atoms with Crippen LogP contribution in [0.25, 0.3) is 0 Å². The van der Waals surface area contributed by atoms with Crippen LogP contribution in [0, 0.1) is 0 Å². The highest BCUT2D eigenvalue weighted by Gasteiger charge is 2.37. The summed E-state index contributed by atoms with van der Waals surface area (Å²) in [7, 11) is 0. The molecule has 2 aromatic carbocycles. The van der Waals surface area contributed by atoms with Gasteiger partial charge in [-0.05, 0) is 41.3 Å². The Kier molecular flexibility index (Phi) is 3.40. The number of carbonyl (C=O) groups is 1. The zero-order valence-corrected chi connectivity index (χ0v) is 14.6. The van der Waals surface area contributed by atoms with E-state index < -0.39 is 5.92 Å². The molecule has 2 atom stereocenters. The molecule has 0 spiro atoms. The van der Waals surface area contributed by atoms with Crippen LogP contribution in [0.2, 0.25) is 0 Å². The van der Waals surface area contributed by atoms with Crippen LogP contribution in [-0.4, -0.2) is 22.2 Å². The summed E-state index contributed by atoms with van der Waals surface area (Å²) >= 11 is 0. The summed E-state index contributed by atoms with van der Waals surface area (Å²) in [6.45, 7) is 0.824. The number of anilines is 2. The molecule has 27 heavy (non-hydrogen) atoms. The minimum Gasteiger partial charge on any atom is -0.508 e. The van der Waals surface area contributed by atoms with Gasteiger partial charge in [0.15, 0.2) is 0 Å². The Morgan fingerprint density at radius 2 is 1.85 bits per heavy atom. The summed E-state index contributed by atoms with van der Waals surface area (Å²) in [4.78, 5) is 13.3. The third-order valence-electron chi connectivity index (χ3n) is 5.57. The van der Waals surface area contributed by atoms with Crippen LogP contribution < -0.4 is 16.5 Å². The summed E-state index contributed by atoms with van der Waals surface area (Å²) < 4.78 is 1.59. The van der Waals surface area contributed by atoms with Gasteiger partial charge < -0.3 is 21.6 Å². The van der Waals surface area contributed by atoms with Crippen molar-refractivity contribution in [1.29, 1.82) is 0 Å². The first-order valence-corrected chi connectivity index (χ1v) is 9.06. The first kappa shape index (κ1) is 15.8. The summed E-state index contributed by atoms with van der Waals surface area (Å²) in [5, 5.41) is 16.2. The maximum absolute atomic E-state index is 13.3. The van der Waals surface area contributed by atoms with Crippen molar-refractivity contribution < 1.29 is 9.90 Å². The molecule has 0 saturated heterocycles. The molecule has 6 heteroatoms. The van der Waals surface area contributed by atoms with Crippen molar-refractivity contribution in [3.05, 3.63) is 77.0 Å². The average molecular weight is 360 g/mol. The summed E-state index contributed by atoms with van der Waals surface area (Å²) in [6, 6.07) is 14.8. The Labute approximate surface area is 156 Å². The van der Waals surface area contributed by atoms with Crippen molar-refractivity contribution in [3.63, 3.8) is 0 Å².